The Morgan fingerprint density at radius 1 is 1.24 bits per heavy atom. The summed E-state index contributed by atoms with van der Waals surface area (Å²) in [6.45, 7) is 5.66. The summed E-state index contributed by atoms with van der Waals surface area (Å²) in [6, 6.07) is -1.15. The van der Waals surface area contributed by atoms with Gasteiger partial charge in [-0.3, -0.25) is 24.1 Å². The molecule has 210 valence electrons. The van der Waals surface area contributed by atoms with Gasteiger partial charge < -0.3 is 30.1 Å². The van der Waals surface area contributed by atoms with Crippen LogP contribution in [0.2, 0.25) is 0 Å². The molecule has 37 heavy (non-hydrogen) atoms. The molecule has 0 aromatic carbocycles. The number of carbonyl (C=O) groups is 5. The summed E-state index contributed by atoms with van der Waals surface area (Å²) in [4.78, 5) is 60.2. The van der Waals surface area contributed by atoms with Crippen molar-refractivity contribution in [1.29, 1.82) is 0 Å². The second-order valence-corrected chi connectivity index (χ2v) is 10.0. The van der Waals surface area contributed by atoms with Crippen LogP contribution in [0.4, 0.5) is 4.39 Å². The van der Waals surface area contributed by atoms with Crippen LogP contribution in [-0.4, -0.2) is 93.2 Å². The van der Waals surface area contributed by atoms with Gasteiger partial charge in [0.25, 0.3) is 5.79 Å². The summed E-state index contributed by atoms with van der Waals surface area (Å²) < 4.78 is 25.0. The van der Waals surface area contributed by atoms with Gasteiger partial charge >= 0.3 is 11.9 Å². The summed E-state index contributed by atoms with van der Waals surface area (Å²) in [5.41, 5.74) is 0. The predicted molar refractivity (Wildman–Crippen MR) is 124 cm³/mol. The number of amides is 3. The second kappa shape index (κ2) is 12.7. The molecule has 13 heteroatoms. The van der Waals surface area contributed by atoms with E-state index in [2.05, 4.69) is 5.32 Å². The zero-order chi connectivity index (χ0) is 28.1. The van der Waals surface area contributed by atoms with E-state index in [0.29, 0.717) is 25.8 Å². The Labute approximate surface area is 214 Å². The molecule has 0 radical (unpaired) electrons. The number of carboxylic acids is 1. The van der Waals surface area contributed by atoms with Crippen LogP contribution in [0.25, 0.3) is 0 Å². The number of nitrogens with one attached hydrogen (secondary N) is 1. The Morgan fingerprint density at radius 2 is 1.89 bits per heavy atom. The van der Waals surface area contributed by atoms with Gasteiger partial charge in [0, 0.05) is 44.1 Å². The number of likely N-dealkylation sites (tertiary alicyclic amines) is 1. The topological polar surface area (TPSA) is 180 Å². The van der Waals surface area contributed by atoms with Gasteiger partial charge in [-0.25, -0.2) is 9.18 Å². The number of rotatable bonds is 12. The van der Waals surface area contributed by atoms with E-state index in [1.54, 1.807) is 6.92 Å². The molecule has 2 fully saturated rings. The third-order valence-corrected chi connectivity index (χ3v) is 6.91. The molecule has 0 aromatic heterocycles. The van der Waals surface area contributed by atoms with Gasteiger partial charge in [-0.2, -0.15) is 0 Å². The number of carboxylic acid groups (broad SMARTS) is 1. The summed E-state index contributed by atoms with van der Waals surface area (Å²) in [5.74, 6) is -9.03. The number of halogens is 1. The predicted octanol–water partition coefficient (Wildman–Crippen LogP) is 0.133. The van der Waals surface area contributed by atoms with Crippen molar-refractivity contribution in [3.63, 3.8) is 0 Å². The number of hydrogen-bond acceptors (Lipinski definition) is 9. The first-order valence-corrected chi connectivity index (χ1v) is 12.4. The van der Waals surface area contributed by atoms with E-state index >= 15 is 0 Å². The lowest BCUT2D eigenvalue weighted by atomic mass is 9.80. The Hall–Kier alpha value is -2.64. The Balaban J connectivity index is 1.85. The van der Waals surface area contributed by atoms with Crippen molar-refractivity contribution >= 4 is 29.7 Å². The Bertz CT molecular complexity index is 886. The van der Waals surface area contributed by atoms with E-state index in [9.17, 15) is 43.7 Å². The van der Waals surface area contributed by atoms with Crippen LogP contribution >= 0.6 is 0 Å². The van der Waals surface area contributed by atoms with Crippen molar-refractivity contribution in [3.8, 4) is 0 Å². The van der Waals surface area contributed by atoms with Gasteiger partial charge in [-0.05, 0) is 12.8 Å². The summed E-state index contributed by atoms with van der Waals surface area (Å²) >= 11 is 0. The number of aliphatic carboxylic acids is 1. The van der Waals surface area contributed by atoms with Crippen LogP contribution in [0.5, 0.6) is 0 Å². The number of ether oxygens (including phenoxy) is 2. The molecule has 2 saturated heterocycles. The lowest BCUT2D eigenvalue weighted by Gasteiger charge is -2.47. The van der Waals surface area contributed by atoms with Crippen LogP contribution in [-0.2, 0) is 33.4 Å². The monoisotopic (exact) mass is 532 g/mol. The average molecular weight is 533 g/mol. The molecule has 8 atom stereocenters. The summed E-state index contributed by atoms with van der Waals surface area (Å²) in [5, 5.41) is 32.8. The molecule has 0 aliphatic carbocycles. The molecule has 2 rings (SSSR count). The minimum atomic E-state index is -3.22. The maximum absolute atomic E-state index is 14.7. The number of aliphatic hydroxyl groups is 2. The standard InChI is InChI=1S/C24H37FN2O10/c1-12-10-16(29)27(22(12)32)9-7-5-6-8-17(30)36-11-13(2)19(31)20-18(26-15(4)28)14(3)21(25)24(35,37-20)23(33)34/h12-14,18-21,31,35H,5-11H2,1-4H3,(H,26,28)(H,33,34)/t12?,13-,14-,18-,19-,20-,21?,24?/m1/s1. The van der Waals surface area contributed by atoms with Gasteiger partial charge in [-0.1, -0.05) is 27.2 Å². The molecule has 4 N–H and O–H groups in total. The average Bonchev–Trinajstić information content (AvgIpc) is 3.07. The van der Waals surface area contributed by atoms with Crippen molar-refractivity contribution in [3.05, 3.63) is 0 Å². The molecule has 3 unspecified atom stereocenters. The van der Waals surface area contributed by atoms with E-state index in [1.165, 1.54) is 18.7 Å². The quantitative estimate of drug-likeness (QED) is 0.153. The van der Waals surface area contributed by atoms with E-state index < -0.39 is 59.9 Å². The smallest absolute Gasteiger partial charge is 0.367 e. The number of hydrogen-bond donors (Lipinski definition) is 4. The third kappa shape index (κ3) is 7.23. The van der Waals surface area contributed by atoms with Gasteiger partial charge in [0.05, 0.1) is 18.8 Å². The highest BCUT2D eigenvalue weighted by atomic mass is 19.1. The molecular formula is C24H37FN2O10. The molecule has 2 aliphatic rings. The Morgan fingerprint density at radius 3 is 2.43 bits per heavy atom. The largest absolute Gasteiger partial charge is 0.477 e. The van der Waals surface area contributed by atoms with Crippen LogP contribution in [0.15, 0.2) is 0 Å². The number of unbranched alkanes of at least 4 members (excludes halogenated alkanes) is 2. The molecular weight excluding hydrogens is 495 g/mol. The van der Waals surface area contributed by atoms with Gasteiger partial charge in [0.15, 0.2) is 6.17 Å². The van der Waals surface area contributed by atoms with Crippen LogP contribution < -0.4 is 5.32 Å². The van der Waals surface area contributed by atoms with E-state index in [-0.39, 0.29) is 37.2 Å². The molecule has 0 spiro atoms. The number of carbonyl (C=O) groups excluding carboxylic acids is 4. The molecule has 2 heterocycles. The second-order valence-electron chi connectivity index (χ2n) is 10.0. The number of nitrogens with zero attached hydrogens (tertiary/aromatic N) is 1. The summed E-state index contributed by atoms with van der Waals surface area (Å²) in [6.07, 6.45) is -3.53. The normalized spacial score (nSPS) is 31.6. The fourth-order valence-corrected chi connectivity index (χ4v) is 4.60. The van der Waals surface area contributed by atoms with E-state index in [1.807, 2.05) is 0 Å². The minimum Gasteiger partial charge on any atom is -0.477 e. The van der Waals surface area contributed by atoms with E-state index in [4.69, 9.17) is 9.47 Å². The van der Waals surface area contributed by atoms with Crippen molar-refractivity contribution in [2.45, 2.75) is 90.0 Å². The highest BCUT2D eigenvalue weighted by Crippen LogP contribution is 2.37. The third-order valence-electron chi connectivity index (χ3n) is 6.91. The van der Waals surface area contributed by atoms with Crippen molar-refractivity contribution in [2.75, 3.05) is 13.2 Å². The van der Waals surface area contributed by atoms with Gasteiger partial charge in [-0.15, -0.1) is 0 Å². The van der Waals surface area contributed by atoms with Crippen LogP contribution in [0.3, 0.4) is 0 Å². The Kier molecular flexibility index (Phi) is 10.5. The maximum atomic E-state index is 14.7. The zero-order valence-corrected chi connectivity index (χ0v) is 21.5. The van der Waals surface area contributed by atoms with Crippen molar-refractivity contribution < 1.29 is 53.2 Å². The van der Waals surface area contributed by atoms with Crippen LogP contribution in [0.1, 0.15) is 59.8 Å². The fourth-order valence-electron chi connectivity index (χ4n) is 4.60. The molecule has 0 bridgehead atoms. The van der Waals surface area contributed by atoms with Crippen molar-refractivity contribution in [2.24, 2.45) is 17.8 Å². The first kappa shape index (κ1) is 30.6. The molecule has 3 amide bonds. The minimum absolute atomic E-state index is 0.0644. The first-order valence-electron chi connectivity index (χ1n) is 12.4. The highest BCUT2D eigenvalue weighted by molar-refractivity contribution is 6.03. The highest BCUT2D eigenvalue weighted by Gasteiger charge is 2.59. The lowest BCUT2D eigenvalue weighted by molar-refractivity contribution is -0.310. The number of imide groups is 1. The van der Waals surface area contributed by atoms with Crippen molar-refractivity contribution in [1.82, 2.24) is 10.2 Å². The first-order chi connectivity index (χ1) is 17.2. The molecule has 0 saturated carbocycles. The van der Waals surface area contributed by atoms with Gasteiger partial charge in [0.2, 0.25) is 17.7 Å². The van der Waals surface area contributed by atoms with Gasteiger partial charge in [0.1, 0.15) is 6.10 Å². The molecule has 2 aliphatic heterocycles. The fraction of sp³-hybridized carbons (Fsp3) is 0.792. The maximum Gasteiger partial charge on any atom is 0.367 e. The molecule has 0 aromatic rings. The van der Waals surface area contributed by atoms with Crippen LogP contribution in [0, 0.1) is 17.8 Å². The number of aliphatic hydroxyl groups excluding tert-OH is 1. The van der Waals surface area contributed by atoms with E-state index in [0.717, 1.165) is 6.92 Å². The number of alkyl halides is 1. The number of esters is 1. The lowest BCUT2D eigenvalue weighted by Crippen LogP contribution is -2.69. The SMILES string of the molecule is CC(=O)N[C@H]1[C@H]([C@H](O)[C@H](C)COC(=O)CCCCCN2C(=O)CC(C)C2=O)OC(O)(C(=O)O)C(F)[C@@H]1C. The molecule has 12 nitrogen and oxygen atoms in total. The summed E-state index contributed by atoms with van der Waals surface area (Å²) in [7, 11) is 0. The zero-order valence-electron chi connectivity index (χ0n) is 21.5.